The van der Waals surface area contributed by atoms with Crippen molar-refractivity contribution in [2.45, 2.75) is 57.6 Å². The number of oxime groups is 1. The molecule has 299 valence electrons. The number of rotatable bonds is 10. The van der Waals surface area contributed by atoms with Crippen LogP contribution in [0.5, 0.6) is 11.5 Å². The number of phenolic OH excluding ortho intramolecular Hbond substituents is 2. The third-order valence-electron chi connectivity index (χ3n) is 9.14. The third kappa shape index (κ3) is 11.6. The Bertz CT molecular complexity index is 1810. The summed E-state index contributed by atoms with van der Waals surface area (Å²) in [5.74, 6) is -3.98. The van der Waals surface area contributed by atoms with E-state index in [0.29, 0.717) is 12.3 Å². The minimum absolute atomic E-state index is 0. The molecule has 0 aliphatic carbocycles. The quantitative estimate of drug-likeness (QED) is 0.0247. The number of aromatic hydroxyl groups is 2. The standard InChI is InChI=1S/C23H29N7O7S2.C7H6ClNO3.C2H6.CH3.Na.Y/c1-11(21(33)34)37-27-14(17-26-23(24)39-28-17)18(31)25-15-19(32)29-16(22(35)36-2)13(10-38-20(15)29)9-30-6-3-12(4-7-30)5-8-30;8-5-3(7(9)12)1-2-4(10)6(5)11;1-2;;;/h11-12,15,20H,3-10H2,1-2H3,(H3-,24,25,26,28,31,33,34);1-2,10-11H,(H2,9,12);1-2H3;1H3;;/q;;;-1;+1;/b27-14-;;;;;/t11-,12?,15?,20+,30?;;;;;/m0...../s1. The van der Waals surface area contributed by atoms with Crippen molar-refractivity contribution in [1.29, 1.82) is 0 Å². The Kier molecular flexibility index (Phi) is 20.7. The average Bonchev–Trinajstić information content (AvgIpc) is 3.59. The number of carbonyl (C=O) groups is 5. The minimum Gasteiger partial charge on any atom is -0.546 e. The Morgan fingerprint density at radius 1 is 1.18 bits per heavy atom. The van der Waals surface area contributed by atoms with Gasteiger partial charge >= 0.3 is 35.5 Å². The molecule has 7 rings (SSSR count). The maximum Gasteiger partial charge on any atom is 1.00 e. The molecule has 1 unspecified atom stereocenters. The van der Waals surface area contributed by atoms with Gasteiger partial charge in [-0.25, -0.2) is 4.79 Å². The van der Waals surface area contributed by atoms with Crippen LogP contribution in [0.3, 0.4) is 0 Å². The molecule has 0 saturated carbocycles. The van der Waals surface area contributed by atoms with Crippen molar-refractivity contribution in [3.05, 3.63) is 47.2 Å². The van der Waals surface area contributed by atoms with Crippen LogP contribution in [0.2, 0.25) is 5.02 Å². The first-order chi connectivity index (χ1) is 25.2. The van der Waals surface area contributed by atoms with E-state index in [1.807, 2.05) is 13.8 Å². The topological polar surface area (TPSA) is 273 Å². The number of fused-ring (bicyclic) bond motifs is 4. The predicted molar refractivity (Wildman–Crippen MR) is 199 cm³/mol. The molecule has 6 heterocycles. The van der Waals surface area contributed by atoms with Gasteiger partial charge < -0.3 is 58.4 Å². The normalized spacial score (nSPS) is 22.3. The molecule has 4 fully saturated rings. The number of carbonyl (C=O) groups excluding carboxylic acids is 5. The predicted octanol–water partition coefficient (Wildman–Crippen LogP) is -2.24. The fraction of sp³-hybridized carbons (Fsp3) is 0.485. The molecule has 5 aliphatic rings. The van der Waals surface area contributed by atoms with E-state index in [-0.39, 0.29) is 103 Å². The van der Waals surface area contributed by atoms with Gasteiger partial charge in [0.1, 0.15) is 23.7 Å². The molecule has 5 aliphatic heterocycles. The smallest absolute Gasteiger partial charge is 0.546 e. The summed E-state index contributed by atoms with van der Waals surface area (Å²) in [7, 11) is 1.29. The van der Waals surface area contributed by atoms with Gasteiger partial charge in [0, 0.05) is 55.6 Å². The van der Waals surface area contributed by atoms with Crippen molar-refractivity contribution in [1.82, 2.24) is 19.6 Å². The van der Waals surface area contributed by atoms with Gasteiger partial charge in [0.25, 0.3) is 11.8 Å². The number of esters is 1. The van der Waals surface area contributed by atoms with Crippen LogP contribution in [0.25, 0.3) is 0 Å². The molecular weight excluding hydrogens is 880 g/mol. The van der Waals surface area contributed by atoms with Gasteiger partial charge in [-0.3, -0.25) is 19.3 Å². The molecule has 7 N–H and O–H groups in total. The summed E-state index contributed by atoms with van der Waals surface area (Å²) in [6, 6.07) is 1.40. The molecule has 1 radical (unpaired) electrons. The maximum absolute atomic E-state index is 13.3. The summed E-state index contributed by atoms with van der Waals surface area (Å²) >= 11 is 7.75. The number of nitrogens with one attached hydrogen (secondary N) is 1. The molecular formula is C33H44ClN8NaO10S2Y. The van der Waals surface area contributed by atoms with E-state index in [1.165, 1.54) is 56.0 Å². The number of halogens is 1. The van der Waals surface area contributed by atoms with Crippen molar-refractivity contribution in [2.75, 3.05) is 44.8 Å². The molecule has 2 aromatic rings. The number of aliphatic carboxylic acids is 1. The van der Waals surface area contributed by atoms with Crippen molar-refractivity contribution < 1.29 is 116 Å². The number of hydrogen-bond acceptors (Lipinski definition) is 16. The fourth-order valence-corrected chi connectivity index (χ4v) is 8.34. The number of quaternary nitrogens is 1. The summed E-state index contributed by atoms with van der Waals surface area (Å²) in [6.45, 7) is 9.08. The van der Waals surface area contributed by atoms with Gasteiger partial charge in [-0.2, -0.15) is 9.36 Å². The molecule has 1 aromatic carbocycles. The number of β-lactam (4-membered cyclic amide) rings is 1. The Labute approximate surface area is 385 Å². The Morgan fingerprint density at radius 2 is 1.79 bits per heavy atom. The van der Waals surface area contributed by atoms with Crippen molar-refractivity contribution in [3.63, 3.8) is 0 Å². The molecule has 2 bridgehead atoms. The second-order valence-electron chi connectivity index (χ2n) is 12.3. The van der Waals surface area contributed by atoms with Crippen LogP contribution in [0, 0.1) is 13.3 Å². The SMILES string of the molecule is CC.COC(=O)C1=C(C[N+]23CCC(CC2)CC3)CS[C@@H]2C(NC(=O)/C(=N\O[C@@H](C)C(=O)[O-])c3nsc(N)n3)C(=O)N12.NC(=O)c1ccc(O)c(O)c1Cl.[CH3-].[Na+].[Y]. The fourth-order valence-electron chi connectivity index (χ4n) is 6.31. The monoisotopic (exact) mass is 923 g/mol. The zero-order valence-electron chi connectivity index (χ0n) is 31.9. The van der Waals surface area contributed by atoms with Crippen molar-refractivity contribution in [3.8, 4) is 11.5 Å². The summed E-state index contributed by atoms with van der Waals surface area (Å²) in [6.07, 6.45) is 2.09. The van der Waals surface area contributed by atoms with Crippen LogP contribution in [0.15, 0.2) is 28.6 Å². The Hall–Kier alpha value is -2.56. The number of aromatic nitrogens is 2. The van der Waals surface area contributed by atoms with E-state index < -0.39 is 58.6 Å². The first-order valence-corrected chi connectivity index (χ1v) is 18.8. The van der Waals surface area contributed by atoms with E-state index in [1.54, 1.807) is 0 Å². The van der Waals surface area contributed by atoms with Crippen LogP contribution in [-0.4, -0.2) is 121 Å². The summed E-state index contributed by atoms with van der Waals surface area (Å²) < 4.78 is 9.93. The van der Waals surface area contributed by atoms with Crippen LogP contribution < -0.4 is 51.4 Å². The Morgan fingerprint density at radius 3 is 2.30 bits per heavy atom. The number of primary amides is 1. The number of hydrogen-bond donors (Lipinski definition) is 5. The first-order valence-electron chi connectivity index (χ1n) is 16.6. The maximum atomic E-state index is 13.3. The third-order valence-corrected chi connectivity index (χ3v) is 11.4. The van der Waals surface area contributed by atoms with E-state index in [0.717, 1.165) is 53.2 Å². The number of methoxy groups -OCH3 is 1. The van der Waals surface area contributed by atoms with E-state index in [9.17, 15) is 29.1 Å². The van der Waals surface area contributed by atoms with Gasteiger partial charge in [0.05, 0.1) is 43.3 Å². The van der Waals surface area contributed by atoms with Gasteiger partial charge in [-0.15, -0.1) is 11.8 Å². The number of amides is 3. The van der Waals surface area contributed by atoms with Crippen LogP contribution in [0.4, 0.5) is 5.13 Å². The first kappa shape index (κ1) is 51.5. The van der Waals surface area contributed by atoms with Gasteiger partial charge in [0.15, 0.2) is 22.7 Å². The number of nitrogen functional groups attached to an aromatic ring is 1. The number of carboxylic acid groups (broad SMARTS) is 1. The van der Waals surface area contributed by atoms with E-state index >= 15 is 0 Å². The molecule has 0 spiro atoms. The second kappa shape index (κ2) is 22.6. The van der Waals surface area contributed by atoms with E-state index in [2.05, 4.69) is 19.8 Å². The molecule has 3 atom stereocenters. The molecule has 56 heavy (non-hydrogen) atoms. The van der Waals surface area contributed by atoms with Gasteiger partial charge in [0.2, 0.25) is 17.4 Å². The van der Waals surface area contributed by atoms with Gasteiger partial charge in [-0.05, 0) is 44.2 Å². The zero-order valence-corrected chi connectivity index (χ0v) is 39.2. The largest absolute Gasteiger partial charge is 1.00 e. The van der Waals surface area contributed by atoms with Crippen LogP contribution in [-0.2, 0) is 61.5 Å². The minimum atomic E-state index is -1.54. The summed E-state index contributed by atoms with van der Waals surface area (Å²) in [5, 5.41) is 34.5. The Balaban J connectivity index is 0.000000790. The number of nitrogens with two attached hydrogens (primary N) is 2. The molecule has 1 aromatic heterocycles. The summed E-state index contributed by atoms with van der Waals surface area (Å²) in [5.41, 5.74) is 11.2. The van der Waals surface area contributed by atoms with Crippen LogP contribution >= 0.6 is 34.9 Å². The molecule has 3 amide bonds. The molecule has 23 heteroatoms. The van der Waals surface area contributed by atoms with Crippen molar-refractivity contribution >= 4 is 75.4 Å². The summed E-state index contributed by atoms with van der Waals surface area (Å²) in [4.78, 5) is 71.2. The molecule has 4 saturated heterocycles. The van der Waals surface area contributed by atoms with Crippen molar-refractivity contribution in [2.24, 2.45) is 16.8 Å². The number of phenols is 2. The number of anilines is 1. The number of benzene rings is 1. The number of ether oxygens (including phenoxy) is 1. The zero-order chi connectivity index (χ0) is 39.2. The van der Waals surface area contributed by atoms with E-state index in [4.69, 9.17) is 42.9 Å². The average molecular weight is 924 g/mol. The number of piperidine rings is 3. The number of nitrogens with zero attached hydrogens (tertiary/aromatic N) is 5. The van der Waals surface area contributed by atoms with Gasteiger partial charge in [-0.1, -0.05) is 30.6 Å². The number of thioether (sulfide) groups is 1. The molecule has 18 nitrogen and oxygen atoms in total. The number of carboxylic acids is 1. The van der Waals surface area contributed by atoms with Crippen LogP contribution in [0.1, 0.15) is 56.2 Å². The second-order valence-corrected chi connectivity index (χ2v) is 14.6.